The van der Waals surface area contributed by atoms with Gasteiger partial charge in [-0.15, -0.1) is 0 Å². The number of aromatic nitrogens is 2. The van der Waals surface area contributed by atoms with Crippen LogP contribution in [0.3, 0.4) is 0 Å². The molecule has 2 N–H and O–H groups in total. The molecule has 1 aliphatic carbocycles. The number of carbonyl (C=O) groups is 1. The molecule has 4 atom stereocenters. The Morgan fingerprint density at radius 3 is 2.75 bits per heavy atom. The van der Waals surface area contributed by atoms with E-state index >= 15 is 0 Å². The van der Waals surface area contributed by atoms with E-state index in [4.69, 9.17) is 0 Å². The lowest BCUT2D eigenvalue weighted by Gasteiger charge is -2.38. The molecule has 7 heteroatoms. The number of fused-ring (bicyclic) bond motifs is 4. The largest absolute Gasteiger partial charge is 0.396 e. The van der Waals surface area contributed by atoms with Crippen LogP contribution in [0.15, 0.2) is 47.5 Å². The van der Waals surface area contributed by atoms with E-state index in [1.54, 1.807) is 12.4 Å². The lowest BCUT2D eigenvalue weighted by molar-refractivity contribution is -0.127. The molecule has 0 aromatic carbocycles. The van der Waals surface area contributed by atoms with Crippen LogP contribution < -0.4 is 10.9 Å². The van der Waals surface area contributed by atoms with Crippen LogP contribution in [0.4, 0.5) is 0 Å². The summed E-state index contributed by atoms with van der Waals surface area (Å²) in [7, 11) is 0. The van der Waals surface area contributed by atoms with Crippen molar-refractivity contribution in [1.29, 1.82) is 0 Å². The van der Waals surface area contributed by atoms with Crippen molar-refractivity contribution in [3.63, 3.8) is 0 Å². The third kappa shape index (κ3) is 3.40. The molecule has 2 aromatic rings. The Labute approximate surface area is 187 Å². The average molecular weight is 435 g/mol. The molecule has 2 bridgehead atoms. The minimum absolute atomic E-state index is 0.0300. The number of rotatable bonds is 6. The Morgan fingerprint density at radius 2 is 2.06 bits per heavy atom. The summed E-state index contributed by atoms with van der Waals surface area (Å²) in [6, 6.07) is 7.57. The van der Waals surface area contributed by atoms with Crippen LogP contribution in [0.2, 0.25) is 0 Å². The molecule has 168 valence electrons. The number of amides is 1. The van der Waals surface area contributed by atoms with Gasteiger partial charge in [0.2, 0.25) is 5.91 Å². The normalized spacial score (nSPS) is 26.6. The molecule has 1 saturated heterocycles. The highest BCUT2D eigenvalue weighted by Gasteiger charge is 2.55. The van der Waals surface area contributed by atoms with E-state index < -0.39 is 5.92 Å². The Bertz CT molecular complexity index is 1090. The zero-order valence-corrected chi connectivity index (χ0v) is 18.4. The van der Waals surface area contributed by atoms with Crippen LogP contribution in [-0.4, -0.2) is 44.7 Å². The van der Waals surface area contributed by atoms with Gasteiger partial charge in [0.25, 0.3) is 5.56 Å². The van der Waals surface area contributed by atoms with Crippen LogP contribution in [0.5, 0.6) is 0 Å². The van der Waals surface area contributed by atoms with Gasteiger partial charge in [-0.05, 0) is 61.6 Å². The third-order valence-electron chi connectivity index (χ3n) is 7.33. The maximum atomic E-state index is 13.5. The molecule has 0 saturated carbocycles. The summed E-state index contributed by atoms with van der Waals surface area (Å²) in [6.07, 6.45) is 8.76. The van der Waals surface area contributed by atoms with Gasteiger partial charge >= 0.3 is 0 Å². The maximum absolute atomic E-state index is 13.5. The second-order valence-electron chi connectivity index (χ2n) is 9.02. The lowest BCUT2D eigenvalue weighted by atomic mass is 9.86. The van der Waals surface area contributed by atoms with Crippen molar-refractivity contribution in [2.75, 3.05) is 13.2 Å². The molecule has 2 aliphatic heterocycles. The Morgan fingerprint density at radius 1 is 1.25 bits per heavy atom. The first kappa shape index (κ1) is 21.1. The van der Waals surface area contributed by atoms with Crippen molar-refractivity contribution in [1.82, 2.24) is 19.8 Å². The van der Waals surface area contributed by atoms with Gasteiger partial charge in [-0.1, -0.05) is 6.08 Å². The highest BCUT2D eigenvalue weighted by atomic mass is 16.3. The van der Waals surface area contributed by atoms with Gasteiger partial charge in [-0.2, -0.15) is 0 Å². The van der Waals surface area contributed by atoms with Crippen LogP contribution in [0, 0.1) is 11.8 Å². The standard InChI is InChI=1S/C25H30N4O3/c1-2-27-24(31)22-19(15-30)21-14-29-20(8-7-18(25(29)32)17-5-3-4-6-17)23(22)28(21)13-16-9-11-26-12-10-16/h5,7-12,19,21-23,30H,2-4,6,13-15H2,1H3,(H,27,31)/t19-,21-,22+,23+/m1/s1. The summed E-state index contributed by atoms with van der Waals surface area (Å²) in [5.74, 6) is -0.694. The smallest absolute Gasteiger partial charge is 0.258 e. The molecular weight excluding hydrogens is 404 g/mol. The topological polar surface area (TPSA) is 87.5 Å². The number of hydrogen-bond acceptors (Lipinski definition) is 5. The van der Waals surface area contributed by atoms with E-state index in [0.29, 0.717) is 19.6 Å². The van der Waals surface area contributed by atoms with E-state index in [-0.39, 0.29) is 36.1 Å². The molecule has 2 aromatic heterocycles. The van der Waals surface area contributed by atoms with Crippen LogP contribution in [0.1, 0.15) is 49.0 Å². The molecule has 4 heterocycles. The lowest BCUT2D eigenvalue weighted by Crippen LogP contribution is -2.46. The van der Waals surface area contributed by atoms with E-state index in [1.165, 1.54) is 0 Å². The van der Waals surface area contributed by atoms with Crippen molar-refractivity contribution in [3.05, 3.63) is 69.9 Å². The number of nitrogens with zero attached hydrogens (tertiary/aromatic N) is 3. The molecule has 0 spiro atoms. The number of hydrogen-bond donors (Lipinski definition) is 2. The molecule has 5 rings (SSSR count). The van der Waals surface area contributed by atoms with Crippen molar-refractivity contribution in [2.24, 2.45) is 11.8 Å². The fourth-order valence-electron chi connectivity index (χ4n) is 5.89. The molecule has 1 fully saturated rings. The predicted molar refractivity (Wildman–Crippen MR) is 122 cm³/mol. The van der Waals surface area contributed by atoms with E-state index in [0.717, 1.165) is 41.7 Å². The van der Waals surface area contributed by atoms with E-state index in [9.17, 15) is 14.7 Å². The van der Waals surface area contributed by atoms with E-state index in [1.807, 2.05) is 35.8 Å². The average Bonchev–Trinajstić information content (AvgIpc) is 3.39. The van der Waals surface area contributed by atoms with Crippen LogP contribution in [0.25, 0.3) is 5.57 Å². The van der Waals surface area contributed by atoms with Crippen molar-refractivity contribution in [3.8, 4) is 0 Å². The van der Waals surface area contributed by atoms with Gasteiger partial charge in [-0.25, -0.2) is 0 Å². The fraction of sp³-hybridized carbons (Fsp3) is 0.480. The minimum atomic E-state index is -0.406. The quantitative estimate of drug-likeness (QED) is 0.727. The Hall–Kier alpha value is -2.77. The first-order valence-electron chi connectivity index (χ1n) is 11.6. The first-order chi connectivity index (χ1) is 15.6. The summed E-state index contributed by atoms with van der Waals surface area (Å²) in [5, 5.41) is 13.3. The van der Waals surface area contributed by atoms with Crippen molar-refractivity contribution in [2.45, 2.75) is 51.4 Å². The van der Waals surface area contributed by atoms with Crippen molar-refractivity contribution < 1.29 is 9.90 Å². The van der Waals surface area contributed by atoms with Crippen molar-refractivity contribution >= 4 is 11.5 Å². The first-order valence-corrected chi connectivity index (χ1v) is 11.6. The molecule has 0 radical (unpaired) electrons. The summed E-state index contributed by atoms with van der Waals surface area (Å²) in [6.45, 7) is 3.48. The minimum Gasteiger partial charge on any atom is -0.396 e. The monoisotopic (exact) mass is 434 g/mol. The number of aliphatic hydroxyl groups is 1. The number of aliphatic hydroxyl groups excluding tert-OH is 1. The SMILES string of the molecule is CCNC(=O)[C@H]1[C@H](CO)[C@H]2Cn3c(ccc(C4=CCCC4)c3=O)[C@@H]1N2Cc1ccncc1. The van der Waals surface area contributed by atoms with Crippen LogP contribution in [-0.2, 0) is 17.9 Å². The van der Waals surface area contributed by atoms with Gasteiger partial charge in [0.05, 0.1) is 12.0 Å². The second kappa shape index (κ2) is 8.64. The fourth-order valence-corrected chi connectivity index (χ4v) is 5.89. The summed E-state index contributed by atoms with van der Waals surface area (Å²) < 4.78 is 1.87. The van der Waals surface area contributed by atoms with E-state index in [2.05, 4.69) is 21.3 Å². The predicted octanol–water partition coefficient (Wildman–Crippen LogP) is 2.11. The maximum Gasteiger partial charge on any atom is 0.258 e. The summed E-state index contributed by atoms with van der Waals surface area (Å²) in [4.78, 5) is 33.1. The van der Waals surface area contributed by atoms with Gasteiger partial charge in [0, 0.05) is 61.9 Å². The highest BCUT2D eigenvalue weighted by molar-refractivity contribution is 5.80. The Kier molecular flexibility index (Phi) is 5.69. The van der Waals surface area contributed by atoms with Crippen LogP contribution >= 0.6 is 0 Å². The van der Waals surface area contributed by atoms with Gasteiger partial charge in [0.15, 0.2) is 0 Å². The summed E-state index contributed by atoms with van der Waals surface area (Å²) >= 11 is 0. The molecule has 7 nitrogen and oxygen atoms in total. The molecule has 32 heavy (non-hydrogen) atoms. The summed E-state index contributed by atoms with van der Waals surface area (Å²) in [5.41, 5.74) is 3.92. The highest BCUT2D eigenvalue weighted by Crippen LogP contribution is 2.49. The molecule has 3 aliphatic rings. The molecular formula is C25H30N4O3. The number of allylic oxidation sites excluding steroid dienone is 2. The number of carbonyl (C=O) groups excluding carboxylic acids is 1. The Balaban J connectivity index is 1.61. The number of nitrogens with one attached hydrogen (secondary N) is 1. The second-order valence-corrected chi connectivity index (χ2v) is 9.02. The zero-order valence-electron chi connectivity index (χ0n) is 18.4. The number of pyridine rings is 2. The van der Waals surface area contributed by atoms with Gasteiger partial charge in [-0.3, -0.25) is 19.5 Å². The third-order valence-corrected chi connectivity index (χ3v) is 7.33. The molecule has 0 unspecified atom stereocenters. The zero-order chi connectivity index (χ0) is 22.2. The van der Waals surface area contributed by atoms with Gasteiger partial charge < -0.3 is 15.0 Å². The molecule has 1 amide bonds. The van der Waals surface area contributed by atoms with Gasteiger partial charge in [0.1, 0.15) is 0 Å².